The average molecular weight is 469 g/mol. The molecule has 0 spiro atoms. The highest BCUT2D eigenvalue weighted by atomic mass is 79.9. The van der Waals surface area contributed by atoms with Gasteiger partial charge in [0.15, 0.2) is 0 Å². The first kappa shape index (κ1) is 21.4. The third-order valence-corrected chi connectivity index (χ3v) is 4.98. The number of carbonyl (C=O) groups excluding carboxylic acids is 2. The minimum Gasteiger partial charge on any atom is -0.335 e. The number of nitrogens with one attached hydrogen (secondary N) is 1. The molecule has 0 saturated carbocycles. The van der Waals surface area contributed by atoms with Gasteiger partial charge in [0.1, 0.15) is 6.54 Å². The zero-order chi connectivity index (χ0) is 21.7. The Morgan fingerprint density at radius 1 is 1.10 bits per heavy atom. The molecular formula is C22H21BrN4O3. The molecule has 0 aliphatic carbocycles. The van der Waals surface area contributed by atoms with Crippen LogP contribution in [0.25, 0.3) is 11.3 Å². The number of benzene rings is 2. The first-order valence-electron chi connectivity index (χ1n) is 9.27. The van der Waals surface area contributed by atoms with Crippen LogP contribution in [-0.2, 0) is 16.1 Å². The van der Waals surface area contributed by atoms with Crippen LogP contribution in [0.5, 0.6) is 0 Å². The van der Waals surface area contributed by atoms with Gasteiger partial charge in [-0.05, 0) is 36.8 Å². The van der Waals surface area contributed by atoms with E-state index in [1.54, 1.807) is 12.1 Å². The van der Waals surface area contributed by atoms with Crippen molar-refractivity contribution in [2.45, 2.75) is 13.5 Å². The summed E-state index contributed by atoms with van der Waals surface area (Å²) >= 11 is 3.38. The van der Waals surface area contributed by atoms with Crippen LogP contribution >= 0.6 is 15.9 Å². The van der Waals surface area contributed by atoms with Crippen molar-refractivity contribution in [1.29, 1.82) is 0 Å². The number of halogens is 1. The van der Waals surface area contributed by atoms with E-state index in [9.17, 15) is 14.4 Å². The minimum atomic E-state index is -0.391. The summed E-state index contributed by atoms with van der Waals surface area (Å²) in [7, 11) is 1.52. The Balaban J connectivity index is 1.65. The van der Waals surface area contributed by atoms with Gasteiger partial charge in [0.05, 0.1) is 12.2 Å². The van der Waals surface area contributed by atoms with Crippen molar-refractivity contribution in [3.63, 3.8) is 0 Å². The summed E-state index contributed by atoms with van der Waals surface area (Å²) in [5.41, 5.74) is 2.63. The molecule has 0 bridgehead atoms. The molecular weight excluding hydrogens is 448 g/mol. The Morgan fingerprint density at radius 3 is 2.53 bits per heavy atom. The van der Waals surface area contributed by atoms with E-state index in [0.29, 0.717) is 11.4 Å². The number of anilines is 1. The number of amides is 2. The van der Waals surface area contributed by atoms with Crippen molar-refractivity contribution >= 4 is 33.4 Å². The third kappa shape index (κ3) is 5.42. The molecule has 2 aromatic carbocycles. The van der Waals surface area contributed by atoms with Crippen molar-refractivity contribution < 1.29 is 9.59 Å². The van der Waals surface area contributed by atoms with E-state index in [-0.39, 0.29) is 24.6 Å². The maximum Gasteiger partial charge on any atom is 0.267 e. The van der Waals surface area contributed by atoms with Crippen molar-refractivity contribution in [1.82, 2.24) is 14.7 Å². The molecule has 0 aliphatic rings. The largest absolute Gasteiger partial charge is 0.335 e. The second-order valence-electron chi connectivity index (χ2n) is 6.84. The topological polar surface area (TPSA) is 84.3 Å². The lowest BCUT2D eigenvalue weighted by Crippen LogP contribution is -2.39. The number of likely N-dealkylation sites (N-methyl/N-ethyl adjacent to an activating group) is 1. The predicted octanol–water partition coefficient (Wildman–Crippen LogP) is 3.08. The van der Waals surface area contributed by atoms with Crippen LogP contribution in [0.2, 0.25) is 0 Å². The summed E-state index contributed by atoms with van der Waals surface area (Å²) in [4.78, 5) is 38.3. The van der Waals surface area contributed by atoms with Gasteiger partial charge in [-0.2, -0.15) is 5.10 Å². The molecule has 30 heavy (non-hydrogen) atoms. The van der Waals surface area contributed by atoms with Crippen molar-refractivity contribution in [2.24, 2.45) is 0 Å². The standard InChI is InChI=1S/C22H21BrN4O3/c1-15-12-17(23)8-9-18(15)24-20(28)13-26(2)22(30)14-27-21(29)11-10-19(25-27)16-6-4-3-5-7-16/h3-12H,13-14H2,1-2H3,(H,24,28). The van der Waals surface area contributed by atoms with Gasteiger partial charge in [-0.15, -0.1) is 0 Å². The highest BCUT2D eigenvalue weighted by molar-refractivity contribution is 9.10. The Bertz CT molecular complexity index is 1130. The van der Waals surface area contributed by atoms with Gasteiger partial charge in [-0.1, -0.05) is 46.3 Å². The lowest BCUT2D eigenvalue weighted by atomic mass is 10.1. The summed E-state index contributed by atoms with van der Waals surface area (Å²) in [6.07, 6.45) is 0. The van der Waals surface area contributed by atoms with E-state index in [0.717, 1.165) is 20.3 Å². The summed E-state index contributed by atoms with van der Waals surface area (Å²) in [5, 5.41) is 7.07. The van der Waals surface area contributed by atoms with Crippen molar-refractivity contribution in [2.75, 3.05) is 18.9 Å². The van der Waals surface area contributed by atoms with Crippen LogP contribution in [0.3, 0.4) is 0 Å². The Kier molecular flexibility index (Phi) is 6.79. The fraction of sp³-hybridized carbons (Fsp3) is 0.182. The quantitative estimate of drug-likeness (QED) is 0.602. The highest BCUT2D eigenvalue weighted by Crippen LogP contribution is 2.20. The van der Waals surface area contributed by atoms with Crippen LogP contribution in [0.1, 0.15) is 5.56 Å². The van der Waals surface area contributed by atoms with Gasteiger partial charge in [-0.25, -0.2) is 4.68 Å². The molecule has 1 N–H and O–H groups in total. The Morgan fingerprint density at radius 2 is 1.83 bits per heavy atom. The van der Waals surface area contributed by atoms with Gasteiger partial charge in [-0.3, -0.25) is 14.4 Å². The van der Waals surface area contributed by atoms with Crippen LogP contribution < -0.4 is 10.9 Å². The van der Waals surface area contributed by atoms with E-state index >= 15 is 0 Å². The number of hydrogen-bond acceptors (Lipinski definition) is 4. The van der Waals surface area contributed by atoms with E-state index < -0.39 is 5.91 Å². The van der Waals surface area contributed by atoms with Gasteiger partial charge in [0, 0.05) is 28.8 Å². The van der Waals surface area contributed by atoms with Gasteiger partial charge < -0.3 is 10.2 Å². The fourth-order valence-electron chi connectivity index (χ4n) is 2.83. The van der Waals surface area contributed by atoms with Gasteiger partial charge in [0.25, 0.3) is 5.56 Å². The first-order valence-corrected chi connectivity index (χ1v) is 10.1. The molecule has 0 unspecified atom stereocenters. The Hall–Kier alpha value is -3.26. The van der Waals surface area contributed by atoms with Gasteiger partial charge >= 0.3 is 0 Å². The molecule has 2 amide bonds. The van der Waals surface area contributed by atoms with Crippen LogP contribution in [-0.4, -0.2) is 40.1 Å². The molecule has 3 rings (SSSR count). The van der Waals surface area contributed by atoms with Crippen molar-refractivity contribution in [3.05, 3.63) is 81.1 Å². The monoisotopic (exact) mass is 468 g/mol. The number of rotatable bonds is 6. The van der Waals surface area contributed by atoms with E-state index in [1.165, 1.54) is 18.0 Å². The lowest BCUT2D eigenvalue weighted by molar-refractivity contribution is -0.134. The van der Waals surface area contributed by atoms with Gasteiger partial charge in [0.2, 0.25) is 11.8 Å². The molecule has 1 aromatic heterocycles. The maximum absolute atomic E-state index is 12.6. The van der Waals surface area contributed by atoms with Crippen molar-refractivity contribution in [3.8, 4) is 11.3 Å². The van der Waals surface area contributed by atoms with E-state index in [4.69, 9.17) is 0 Å². The normalized spacial score (nSPS) is 10.5. The second kappa shape index (κ2) is 9.49. The molecule has 0 radical (unpaired) electrons. The minimum absolute atomic E-state index is 0.137. The number of aromatic nitrogens is 2. The van der Waals surface area contributed by atoms with Crippen LogP contribution in [0, 0.1) is 6.92 Å². The second-order valence-corrected chi connectivity index (χ2v) is 7.75. The summed E-state index contributed by atoms with van der Waals surface area (Å²) in [6, 6.07) is 17.9. The smallest absolute Gasteiger partial charge is 0.267 e. The van der Waals surface area contributed by atoms with Crippen LogP contribution in [0.4, 0.5) is 5.69 Å². The lowest BCUT2D eigenvalue weighted by Gasteiger charge is -2.18. The fourth-order valence-corrected chi connectivity index (χ4v) is 3.31. The molecule has 0 fully saturated rings. The molecule has 0 atom stereocenters. The molecule has 154 valence electrons. The zero-order valence-electron chi connectivity index (χ0n) is 16.6. The van der Waals surface area contributed by atoms with E-state index in [1.807, 2.05) is 49.4 Å². The molecule has 3 aromatic rings. The molecule has 8 heteroatoms. The first-order chi connectivity index (χ1) is 14.3. The molecule has 1 heterocycles. The number of hydrogen-bond donors (Lipinski definition) is 1. The maximum atomic E-state index is 12.6. The molecule has 7 nitrogen and oxygen atoms in total. The van der Waals surface area contributed by atoms with Crippen LogP contribution in [0.15, 0.2) is 69.9 Å². The average Bonchev–Trinajstić information content (AvgIpc) is 2.72. The summed E-state index contributed by atoms with van der Waals surface area (Å²) in [5.74, 6) is -0.716. The van der Waals surface area contributed by atoms with E-state index in [2.05, 4.69) is 26.3 Å². The Labute approximate surface area is 182 Å². The molecule has 0 aliphatic heterocycles. The number of carbonyl (C=O) groups is 2. The summed E-state index contributed by atoms with van der Waals surface area (Å²) in [6.45, 7) is 1.50. The SMILES string of the molecule is Cc1cc(Br)ccc1NC(=O)CN(C)C(=O)Cn1nc(-c2ccccc2)ccc1=O. The molecule has 0 saturated heterocycles. The summed E-state index contributed by atoms with van der Waals surface area (Å²) < 4.78 is 2.03. The predicted molar refractivity (Wildman–Crippen MR) is 119 cm³/mol. The number of aryl methyl sites for hydroxylation is 1. The number of nitrogens with zero attached hydrogens (tertiary/aromatic N) is 3. The highest BCUT2D eigenvalue weighted by Gasteiger charge is 2.16. The zero-order valence-corrected chi connectivity index (χ0v) is 18.2. The third-order valence-electron chi connectivity index (χ3n) is 4.49.